The number of carbonyl (C=O) groups excluding carboxylic acids is 2. The number of aliphatic carboxylic acids is 1. The van der Waals surface area contributed by atoms with Crippen LogP contribution in [0.3, 0.4) is 0 Å². The Morgan fingerprint density at radius 1 is 1.00 bits per heavy atom. The van der Waals surface area contributed by atoms with Gasteiger partial charge in [0.25, 0.3) is 5.91 Å². The van der Waals surface area contributed by atoms with E-state index in [1.54, 1.807) is 18.2 Å². The topological polar surface area (TPSA) is 129 Å². The van der Waals surface area contributed by atoms with Gasteiger partial charge in [-0.15, -0.1) is 0 Å². The number of Topliss-reactive ketones (excluding diaryl/α,β-unsaturated/α-hetero) is 1. The molecular formula is C36H36FN3O6. The van der Waals surface area contributed by atoms with Crippen LogP contribution in [0.15, 0.2) is 66.9 Å². The van der Waals surface area contributed by atoms with Crippen molar-refractivity contribution in [2.24, 2.45) is 5.92 Å². The van der Waals surface area contributed by atoms with Crippen LogP contribution in [0.2, 0.25) is 0 Å². The molecule has 0 bridgehead atoms. The lowest BCUT2D eigenvalue weighted by atomic mass is 9.90. The summed E-state index contributed by atoms with van der Waals surface area (Å²) < 4.78 is 21.1. The molecule has 2 heterocycles. The first kappa shape index (κ1) is 32.5. The van der Waals surface area contributed by atoms with Gasteiger partial charge in [0.15, 0.2) is 5.78 Å². The number of aliphatic hydroxyl groups is 1. The van der Waals surface area contributed by atoms with Crippen molar-refractivity contribution in [2.45, 2.75) is 33.2 Å². The smallest absolute Gasteiger partial charge is 0.309 e. The highest BCUT2D eigenvalue weighted by molar-refractivity contribution is 6.04. The molecule has 238 valence electrons. The van der Waals surface area contributed by atoms with Crippen LogP contribution >= 0.6 is 0 Å². The number of methoxy groups -OCH3 is 1. The Bertz CT molecular complexity index is 1780. The maximum Gasteiger partial charge on any atom is 0.309 e. The number of carboxylic acids is 1. The van der Waals surface area contributed by atoms with Gasteiger partial charge >= 0.3 is 5.97 Å². The molecule has 3 aromatic carbocycles. The molecule has 0 spiro atoms. The van der Waals surface area contributed by atoms with Gasteiger partial charge in [0.05, 0.1) is 13.0 Å². The van der Waals surface area contributed by atoms with Gasteiger partial charge in [0, 0.05) is 55.7 Å². The summed E-state index contributed by atoms with van der Waals surface area (Å²) in [5.41, 5.74) is 6.57. The number of benzene rings is 3. The SMILES string of the molecule is COc1cc(-c2cccc(-c3cccc(NC(=O)c4ccc(C(=O)CCCO)cn4)c3C)c2C)cc(F)c1CN1CC(C(=O)O)C1. The number of carbonyl (C=O) groups is 3. The Balaban J connectivity index is 1.38. The van der Waals surface area contributed by atoms with Gasteiger partial charge in [0.1, 0.15) is 17.3 Å². The van der Waals surface area contributed by atoms with E-state index in [0.29, 0.717) is 47.6 Å². The molecule has 1 fully saturated rings. The third kappa shape index (κ3) is 6.83. The third-order valence-electron chi connectivity index (χ3n) is 8.46. The fourth-order valence-electron chi connectivity index (χ4n) is 5.75. The fraction of sp³-hybridized carbons (Fsp3) is 0.278. The van der Waals surface area contributed by atoms with E-state index >= 15 is 4.39 Å². The Kier molecular flexibility index (Phi) is 9.89. The van der Waals surface area contributed by atoms with Crippen molar-refractivity contribution >= 4 is 23.3 Å². The van der Waals surface area contributed by atoms with E-state index in [1.165, 1.54) is 25.4 Å². The van der Waals surface area contributed by atoms with Crippen LogP contribution in [0.25, 0.3) is 22.3 Å². The number of aliphatic hydroxyl groups excluding tert-OH is 1. The zero-order valence-corrected chi connectivity index (χ0v) is 26.0. The molecule has 9 nitrogen and oxygen atoms in total. The minimum absolute atomic E-state index is 0.0691. The number of halogens is 1. The Morgan fingerprint density at radius 3 is 2.35 bits per heavy atom. The van der Waals surface area contributed by atoms with Crippen LogP contribution in [0.4, 0.5) is 10.1 Å². The van der Waals surface area contributed by atoms with E-state index in [0.717, 1.165) is 27.8 Å². The molecule has 4 aromatic rings. The molecular weight excluding hydrogens is 589 g/mol. The van der Waals surface area contributed by atoms with Crippen molar-refractivity contribution in [2.75, 3.05) is 32.1 Å². The molecule has 1 amide bonds. The lowest BCUT2D eigenvalue weighted by molar-refractivity contribution is -0.147. The van der Waals surface area contributed by atoms with Crippen molar-refractivity contribution in [1.82, 2.24) is 9.88 Å². The molecule has 0 radical (unpaired) electrons. The molecule has 3 N–H and O–H groups in total. The number of nitrogens with one attached hydrogen (secondary N) is 1. The number of ether oxygens (including phenoxy) is 1. The largest absolute Gasteiger partial charge is 0.496 e. The first-order valence-corrected chi connectivity index (χ1v) is 15.0. The van der Waals surface area contributed by atoms with Crippen molar-refractivity contribution in [3.8, 4) is 28.0 Å². The second-order valence-electron chi connectivity index (χ2n) is 11.5. The van der Waals surface area contributed by atoms with E-state index in [-0.39, 0.29) is 31.0 Å². The lowest BCUT2D eigenvalue weighted by Gasteiger charge is -2.36. The number of aromatic nitrogens is 1. The predicted molar refractivity (Wildman–Crippen MR) is 173 cm³/mol. The predicted octanol–water partition coefficient (Wildman–Crippen LogP) is 5.90. The molecule has 1 aliphatic heterocycles. The minimum atomic E-state index is -0.843. The first-order chi connectivity index (χ1) is 22.1. The number of hydrogen-bond donors (Lipinski definition) is 3. The number of pyridine rings is 1. The number of anilines is 1. The number of nitrogens with zero attached hydrogens (tertiary/aromatic N) is 2. The molecule has 1 saturated heterocycles. The number of hydrogen-bond acceptors (Lipinski definition) is 7. The van der Waals surface area contributed by atoms with Gasteiger partial charge in [-0.05, 0) is 84.0 Å². The van der Waals surface area contributed by atoms with Crippen LogP contribution in [0.5, 0.6) is 5.75 Å². The average Bonchev–Trinajstić information content (AvgIpc) is 3.02. The van der Waals surface area contributed by atoms with E-state index in [9.17, 15) is 14.4 Å². The monoisotopic (exact) mass is 625 g/mol. The maximum absolute atomic E-state index is 15.5. The highest BCUT2D eigenvalue weighted by Crippen LogP contribution is 2.38. The summed E-state index contributed by atoms with van der Waals surface area (Å²) in [5.74, 6) is -1.86. The maximum atomic E-state index is 15.5. The average molecular weight is 626 g/mol. The molecule has 0 saturated carbocycles. The summed E-state index contributed by atoms with van der Waals surface area (Å²) in [4.78, 5) is 42.5. The summed E-state index contributed by atoms with van der Waals surface area (Å²) in [6, 6.07) is 17.8. The van der Waals surface area contributed by atoms with Gasteiger partial charge in [-0.1, -0.05) is 30.3 Å². The summed E-state index contributed by atoms with van der Waals surface area (Å²) >= 11 is 0. The zero-order valence-electron chi connectivity index (χ0n) is 26.0. The molecule has 0 unspecified atom stereocenters. The second kappa shape index (κ2) is 14.0. The van der Waals surface area contributed by atoms with E-state index < -0.39 is 23.6 Å². The van der Waals surface area contributed by atoms with Crippen LogP contribution in [0, 0.1) is 25.6 Å². The van der Waals surface area contributed by atoms with Gasteiger partial charge in [-0.2, -0.15) is 0 Å². The zero-order chi connectivity index (χ0) is 33.0. The van der Waals surface area contributed by atoms with Crippen molar-refractivity contribution in [3.05, 3.63) is 101 Å². The summed E-state index contributed by atoms with van der Waals surface area (Å²) in [7, 11) is 1.49. The summed E-state index contributed by atoms with van der Waals surface area (Å²) in [6.07, 6.45) is 1.95. The Morgan fingerprint density at radius 2 is 1.70 bits per heavy atom. The molecule has 1 aliphatic rings. The van der Waals surface area contributed by atoms with Crippen LogP contribution < -0.4 is 10.1 Å². The van der Waals surface area contributed by atoms with E-state index in [4.69, 9.17) is 14.9 Å². The highest BCUT2D eigenvalue weighted by Gasteiger charge is 2.33. The normalized spacial score (nSPS) is 13.2. The lowest BCUT2D eigenvalue weighted by Crippen LogP contribution is -2.49. The number of rotatable bonds is 12. The molecule has 46 heavy (non-hydrogen) atoms. The standard InChI is InChI=1S/C36H36FN3O6/c1-21-26(24-15-30(37)29(34(16-24)46-3)20-40-18-25(19-40)36(44)45)7-4-8-27(21)28-9-5-10-31(22(28)2)39-35(43)32-13-12-23(17-38-32)33(42)11-6-14-41/h4-5,7-10,12-13,15-17,25,41H,6,11,14,18-20H2,1-3H3,(H,39,43)(H,44,45). The van der Waals surface area contributed by atoms with Gasteiger partial charge in [-0.25, -0.2) is 4.39 Å². The Hall–Kier alpha value is -4.93. The van der Waals surface area contributed by atoms with Crippen LogP contribution in [-0.2, 0) is 11.3 Å². The number of ketones is 1. The minimum Gasteiger partial charge on any atom is -0.496 e. The van der Waals surface area contributed by atoms with E-state index in [1.807, 2.05) is 49.1 Å². The number of carboxylic acid groups (broad SMARTS) is 1. The van der Waals surface area contributed by atoms with E-state index in [2.05, 4.69) is 10.3 Å². The van der Waals surface area contributed by atoms with Crippen molar-refractivity contribution in [1.29, 1.82) is 0 Å². The molecule has 0 aliphatic carbocycles. The molecule has 5 rings (SSSR count). The molecule has 10 heteroatoms. The van der Waals surface area contributed by atoms with Crippen molar-refractivity contribution < 1.29 is 33.7 Å². The Labute approximate surface area is 266 Å². The fourth-order valence-corrected chi connectivity index (χ4v) is 5.75. The van der Waals surface area contributed by atoms with Crippen LogP contribution in [-0.4, -0.2) is 64.6 Å². The van der Waals surface area contributed by atoms with Gasteiger partial charge in [-0.3, -0.25) is 24.3 Å². The summed E-state index contributed by atoms with van der Waals surface area (Å²) in [6.45, 7) is 4.81. The highest BCUT2D eigenvalue weighted by atomic mass is 19.1. The molecule has 0 atom stereocenters. The molecule has 1 aromatic heterocycles. The second-order valence-corrected chi connectivity index (χ2v) is 11.5. The quantitative estimate of drug-likeness (QED) is 0.166. The third-order valence-corrected chi connectivity index (χ3v) is 8.46. The van der Waals surface area contributed by atoms with Crippen molar-refractivity contribution in [3.63, 3.8) is 0 Å². The first-order valence-electron chi connectivity index (χ1n) is 15.0. The summed E-state index contributed by atoms with van der Waals surface area (Å²) in [5, 5.41) is 21.0. The van der Waals surface area contributed by atoms with Gasteiger partial charge < -0.3 is 20.3 Å². The number of amides is 1. The van der Waals surface area contributed by atoms with Crippen LogP contribution in [0.1, 0.15) is 50.4 Å². The van der Waals surface area contributed by atoms with Gasteiger partial charge in [0.2, 0.25) is 0 Å². The number of likely N-dealkylation sites (tertiary alicyclic amines) is 1.